The minimum absolute atomic E-state index is 0.459. The summed E-state index contributed by atoms with van der Waals surface area (Å²) >= 11 is 6.07. The van der Waals surface area contributed by atoms with Crippen molar-refractivity contribution in [3.05, 3.63) is 34.9 Å². The van der Waals surface area contributed by atoms with Crippen LogP contribution in [0.1, 0.15) is 32.3 Å². The highest BCUT2D eigenvalue weighted by Crippen LogP contribution is 2.28. The summed E-state index contributed by atoms with van der Waals surface area (Å²) in [6.45, 7) is 4.86. The van der Waals surface area contributed by atoms with Gasteiger partial charge in [-0.1, -0.05) is 37.9 Å². The molecular weight excluding hydrogens is 264 g/mol. The first kappa shape index (κ1) is 15.6. The maximum absolute atomic E-state index is 10.6. The van der Waals surface area contributed by atoms with Crippen LogP contribution in [0.4, 0.5) is 0 Å². The summed E-state index contributed by atoms with van der Waals surface area (Å²) in [5.41, 5.74) is 0.607. The van der Waals surface area contributed by atoms with E-state index < -0.39 is 5.97 Å². The van der Waals surface area contributed by atoms with E-state index in [4.69, 9.17) is 21.4 Å². The van der Waals surface area contributed by atoms with Crippen molar-refractivity contribution in [1.29, 1.82) is 0 Å². The lowest BCUT2D eigenvalue weighted by molar-refractivity contribution is -0.131. The van der Waals surface area contributed by atoms with Crippen molar-refractivity contribution >= 4 is 23.6 Å². The van der Waals surface area contributed by atoms with Crippen molar-refractivity contribution in [3.8, 4) is 5.75 Å². The Hall–Kier alpha value is -1.48. The summed E-state index contributed by atoms with van der Waals surface area (Å²) in [5, 5.41) is 9.16. The molecule has 1 unspecified atom stereocenters. The zero-order valence-corrected chi connectivity index (χ0v) is 12.0. The van der Waals surface area contributed by atoms with Crippen LogP contribution in [0.15, 0.2) is 24.3 Å². The second kappa shape index (κ2) is 7.85. The molecule has 0 radical (unpaired) electrons. The predicted molar refractivity (Wildman–Crippen MR) is 77.7 cm³/mol. The molecule has 1 aromatic carbocycles. The van der Waals surface area contributed by atoms with Gasteiger partial charge in [-0.25, -0.2) is 4.79 Å². The van der Waals surface area contributed by atoms with E-state index in [2.05, 4.69) is 13.8 Å². The van der Waals surface area contributed by atoms with Gasteiger partial charge in [0.1, 0.15) is 5.75 Å². The van der Waals surface area contributed by atoms with Crippen LogP contribution in [0.5, 0.6) is 5.75 Å². The average Bonchev–Trinajstić information content (AvgIpc) is 2.35. The van der Waals surface area contributed by atoms with Crippen molar-refractivity contribution in [2.24, 2.45) is 5.92 Å². The maximum atomic E-state index is 10.6. The van der Waals surface area contributed by atoms with Crippen molar-refractivity contribution in [3.63, 3.8) is 0 Å². The molecule has 1 N–H and O–H groups in total. The highest BCUT2D eigenvalue weighted by Gasteiger charge is 2.08. The molecule has 0 spiro atoms. The summed E-state index contributed by atoms with van der Waals surface area (Å²) in [4.78, 5) is 10.6. The number of hydrogen-bond acceptors (Lipinski definition) is 2. The van der Waals surface area contributed by atoms with Gasteiger partial charge in [-0.2, -0.15) is 0 Å². The van der Waals surface area contributed by atoms with Crippen LogP contribution >= 0.6 is 11.6 Å². The molecule has 0 aliphatic carbocycles. The molecular formula is C15H19ClO3. The topological polar surface area (TPSA) is 46.5 Å². The number of aliphatic carboxylic acids is 1. The third kappa shape index (κ3) is 5.35. The molecule has 19 heavy (non-hydrogen) atoms. The molecule has 104 valence electrons. The van der Waals surface area contributed by atoms with Gasteiger partial charge in [0.15, 0.2) is 0 Å². The largest absolute Gasteiger partial charge is 0.493 e. The zero-order valence-electron chi connectivity index (χ0n) is 11.2. The van der Waals surface area contributed by atoms with E-state index in [-0.39, 0.29) is 0 Å². The van der Waals surface area contributed by atoms with Crippen molar-refractivity contribution in [2.75, 3.05) is 6.61 Å². The zero-order chi connectivity index (χ0) is 14.3. The van der Waals surface area contributed by atoms with Crippen molar-refractivity contribution in [1.82, 2.24) is 0 Å². The fourth-order valence-corrected chi connectivity index (χ4v) is 2.00. The van der Waals surface area contributed by atoms with Crippen LogP contribution < -0.4 is 4.74 Å². The van der Waals surface area contributed by atoms with Crippen molar-refractivity contribution < 1.29 is 14.6 Å². The Balaban J connectivity index is 2.82. The molecule has 1 atom stereocenters. The minimum atomic E-state index is -1.01. The van der Waals surface area contributed by atoms with E-state index >= 15 is 0 Å². The molecule has 4 heteroatoms. The van der Waals surface area contributed by atoms with Crippen LogP contribution in [0.25, 0.3) is 6.08 Å². The Labute approximate surface area is 118 Å². The number of ether oxygens (including phenoxy) is 1. The highest BCUT2D eigenvalue weighted by atomic mass is 35.5. The summed E-state index contributed by atoms with van der Waals surface area (Å²) < 4.78 is 5.74. The van der Waals surface area contributed by atoms with E-state index in [1.807, 2.05) is 0 Å². The highest BCUT2D eigenvalue weighted by molar-refractivity contribution is 6.32. The van der Waals surface area contributed by atoms with Gasteiger partial charge in [0, 0.05) is 11.6 Å². The van der Waals surface area contributed by atoms with Gasteiger partial charge in [-0.05, 0) is 30.5 Å². The molecule has 0 heterocycles. The van der Waals surface area contributed by atoms with E-state index in [9.17, 15) is 4.79 Å². The fraction of sp³-hybridized carbons (Fsp3) is 0.400. The van der Waals surface area contributed by atoms with E-state index in [0.29, 0.717) is 28.9 Å². The quantitative estimate of drug-likeness (QED) is 0.760. The number of carboxylic acid groups (broad SMARTS) is 1. The van der Waals surface area contributed by atoms with E-state index in [0.717, 1.165) is 18.9 Å². The molecule has 0 aromatic heterocycles. The van der Waals surface area contributed by atoms with Crippen LogP contribution in [0.3, 0.4) is 0 Å². The summed E-state index contributed by atoms with van der Waals surface area (Å²) in [6, 6.07) is 5.30. The Morgan fingerprint density at radius 1 is 1.53 bits per heavy atom. The van der Waals surface area contributed by atoms with E-state index in [1.54, 1.807) is 18.2 Å². The van der Waals surface area contributed by atoms with Crippen LogP contribution in [-0.2, 0) is 4.79 Å². The first-order valence-electron chi connectivity index (χ1n) is 6.37. The van der Waals surface area contributed by atoms with Gasteiger partial charge in [0.05, 0.1) is 11.6 Å². The Bertz CT molecular complexity index is 455. The Morgan fingerprint density at radius 2 is 2.26 bits per heavy atom. The SMILES string of the molecule is CCCC(C)COc1cccc(Cl)c1/C=C/C(=O)O. The van der Waals surface area contributed by atoms with Crippen molar-refractivity contribution in [2.45, 2.75) is 26.7 Å². The number of carbonyl (C=O) groups is 1. The first-order chi connectivity index (χ1) is 9.04. The number of rotatable bonds is 7. The standard InChI is InChI=1S/C15H19ClO3/c1-3-5-11(2)10-19-14-7-4-6-13(16)12(14)8-9-15(17)18/h4,6-9,11H,3,5,10H2,1-2H3,(H,17,18)/b9-8+. The number of hydrogen-bond donors (Lipinski definition) is 1. The predicted octanol–water partition coefficient (Wildman–Crippen LogP) is 4.25. The van der Waals surface area contributed by atoms with E-state index in [1.165, 1.54) is 6.08 Å². The summed E-state index contributed by atoms with van der Waals surface area (Å²) in [7, 11) is 0. The monoisotopic (exact) mass is 282 g/mol. The van der Waals surface area contributed by atoms with Crippen LogP contribution in [-0.4, -0.2) is 17.7 Å². The first-order valence-corrected chi connectivity index (χ1v) is 6.74. The molecule has 0 aliphatic rings. The lowest BCUT2D eigenvalue weighted by Gasteiger charge is -2.14. The Kier molecular flexibility index (Phi) is 6.43. The summed E-state index contributed by atoms with van der Waals surface area (Å²) in [5.74, 6) is 0.0680. The lowest BCUT2D eigenvalue weighted by atomic mass is 10.1. The molecule has 0 aliphatic heterocycles. The fourth-order valence-electron chi connectivity index (χ4n) is 1.77. The van der Waals surface area contributed by atoms with Gasteiger partial charge in [0.25, 0.3) is 0 Å². The number of halogens is 1. The normalized spacial score (nSPS) is 12.6. The van der Waals surface area contributed by atoms with Gasteiger partial charge in [-0.15, -0.1) is 0 Å². The molecule has 3 nitrogen and oxygen atoms in total. The third-order valence-corrected chi connectivity index (χ3v) is 3.04. The van der Waals surface area contributed by atoms with Gasteiger partial charge < -0.3 is 9.84 Å². The third-order valence-electron chi connectivity index (χ3n) is 2.71. The molecule has 0 amide bonds. The molecule has 0 saturated carbocycles. The molecule has 0 fully saturated rings. The van der Waals surface area contributed by atoms with Crippen LogP contribution in [0, 0.1) is 5.92 Å². The minimum Gasteiger partial charge on any atom is -0.493 e. The lowest BCUT2D eigenvalue weighted by Crippen LogP contribution is -2.08. The molecule has 0 bridgehead atoms. The summed E-state index contributed by atoms with van der Waals surface area (Å²) in [6.07, 6.45) is 4.74. The van der Waals surface area contributed by atoms with Crippen LogP contribution in [0.2, 0.25) is 5.02 Å². The Morgan fingerprint density at radius 3 is 2.89 bits per heavy atom. The number of carboxylic acids is 1. The van der Waals surface area contributed by atoms with Gasteiger partial charge in [0.2, 0.25) is 0 Å². The second-order valence-corrected chi connectivity index (χ2v) is 4.94. The molecule has 0 saturated heterocycles. The molecule has 1 rings (SSSR count). The average molecular weight is 283 g/mol. The van der Waals surface area contributed by atoms with Gasteiger partial charge >= 0.3 is 5.97 Å². The number of benzene rings is 1. The maximum Gasteiger partial charge on any atom is 0.328 e. The molecule has 1 aromatic rings. The van der Waals surface area contributed by atoms with Gasteiger partial charge in [-0.3, -0.25) is 0 Å². The smallest absolute Gasteiger partial charge is 0.328 e. The second-order valence-electron chi connectivity index (χ2n) is 4.53.